The van der Waals surface area contributed by atoms with Crippen LogP contribution in [-0.2, 0) is 5.41 Å². The predicted molar refractivity (Wildman–Crippen MR) is 215 cm³/mol. The molecule has 1 aromatic heterocycles. The van der Waals surface area contributed by atoms with Crippen molar-refractivity contribution in [2.24, 2.45) is 0 Å². The summed E-state index contributed by atoms with van der Waals surface area (Å²) in [5.74, 6) is 1.95. The molecule has 1 heterocycles. The molecule has 0 atom stereocenters. The van der Waals surface area contributed by atoms with Crippen LogP contribution in [0.4, 0.5) is 0 Å². The van der Waals surface area contributed by atoms with E-state index in [1.165, 1.54) is 55.5 Å². The van der Waals surface area contributed by atoms with Crippen LogP contribution in [0.3, 0.4) is 0 Å². The van der Waals surface area contributed by atoms with Crippen molar-refractivity contribution in [2.75, 3.05) is 0 Å². The van der Waals surface area contributed by atoms with Crippen LogP contribution >= 0.6 is 0 Å². The fraction of sp³-hybridized carbons (Fsp3) is 0.0200. The molecule has 0 radical (unpaired) electrons. The van der Waals surface area contributed by atoms with Gasteiger partial charge in [0.25, 0.3) is 0 Å². The molecule has 246 valence electrons. The van der Waals surface area contributed by atoms with Crippen LogP contribution in [0.2, 0.25) is 0 Å². The summed E-state index contributed by atoms with van der Waals surface area (Å²) in [5.41, 5.74) is 15.3. The Morgan fingerprint density at radius 2 is 0.755 bits per heavy atom. The van der Waals surface area contributed by atoms with Crippen LogP contribution in [0.15, 0.2) is 188 Å². The Bertz CT molecular complexity index is 2860. The van der Waals surface area contributed by atoms with Gasteiger partial charge in [0.05, 0.1) is 5.41 Å². The van der Waals surface area contributed by atoms with E-state index >= 15 is 0 Å². The van der Waals surface area contributed by atoms with Crippen molar-refractivity contribution in [1.82, 2.24) is 15.0 Å². The fourth-order valence-corrected chi connectivity index (χ4v) is 8.89. The van der Waals surface area contributed by atoms with Crippen molar-refractivity contribution in [3.05, 3.63) is 210 Å². The van der Waals surface area contributed by atoms with Crippen molar-refractivity contribution in [3.8, 4) is 67.5 Å². The molecular weight excluding hydrogens is 643 g/mol. The van der Waals surface area contributed by atoms with Gasteiger partial charge in [0.1, 0.15) is 0 Å². The molecule has 2 aliphatic rings. The molecule has 0 amide bonds. The summed E-state index contributed by atoms with van der Waals surface area (Å²) in [4.78, 5) is 15.2. The summed E-state index contributed by atoms with van der Waals surface area (Å²) < 4.78 is 0. The molecule has 0 saturated carbocycles. The van der Waals surface area contributed by atoms with Gasteiger partial charge in [-0.3, -0.25) is 0 Å². The third-order valence-electron chi connectivity index (χ3n) is 11.1. The van der Waals surface area contributed by atoms with Crippen LogP contribution in [0.5, 0.6) is 0 Å². The SMILES string of the molecule is c1ccc(-c2nc(-c3cccc(-c4cccc5c4-c4ccccc4C54c5ccccc5-c5ccccc54)c3)nc(-c3ccc4ccccc4c3)n2)cc1. The number of nitrogens with zero attached hydrogens (tertiary/aromatic N) is 3. The van der Waals surface area contributed by atoms with Crippen LogP contribution in [0.25, 0.3) is 78.3 Å². The minimum absolute atomic E-state index is 0.389. The zero-order valence-corrected chi connectivity index (χ0v) is 28.7. The highest BCUT2D eigenvalue weighted by atomic mass is 15.0. The normalized spacial score (nSPS) is 13.1. The second-order valence-electron chi connectivity index (χ2n) is 13.9. The van der Waals surface area contributed by atoms with Crippen LogP contribution in [-0.4, -0.2) is 15.0 Å². The van der Waals surface area contributed by atoms with Gasteiger partial charge in [0.2, 0.25) is 0 Å². The Labute approximate surface area is 308 Å². The summed E-state index contributed by atoms with van der Waals surface area (Å²) in [5, 5.41) is 2.34. The second kappa shape index (κ2) is 11.5. The van der Waals surface area contributed by atoms with E-state index in [1.807, 2.05) is 18.2 Å². The molecule has 11 rings (SSSR count). The van der Waals surface area contributed by atoms with E-state index in [9.17, 15) is 0 Å². The Morgan fingerprint density at radius 1 is 0.283 bits per heavy atom. The highest BCUT2D eigenvalue weighted by molar-refractivity contribution is 6.00. The first-order valence-electron chi connectivity index (χ1n) is 18.1. The van der Waals surface area contributed by atoms with Gasteiger partial charge in [0.15, 0.2) is 17.5 Å². The van der Waals surface area contributed by atoms with Gasteiger partial charge in [-0.15, -0.1) is 0 Å². The van der Waals surface area contributed by atoms with Gasteiger partial charge in [0, 0.05) is 16.7 Å². The Kier molecular flexibility index (Phi) is 6.47. The Morgan fingerprint density at radius 3 is 1.47 bits per heavy atom. The number of rotatable bonds is 4. The number of benzene rings is 8. The highest BCUT2D eigenvalue weighted by Crippen LogP contribution is 2.63. The third-order valence-corrected chi connectivity index (χ3v) is 11.1. The van der Waals surface area contributed by atoms with Gasteiger partial charge < -0.3 is 0 Å². The van der Waals surface area contributed by atoms with E-state index in [0.717, 1.165) is 27.6 Å². The van der Waals surface area contributed by atoms with E-state index in [-0.39, 0.29) is 5.41 Å². The highest BCUT2D eigenvalue weighted by Gasteiger charge is 2.51. The molecule has 0 N–H and O–H groups in total. The van der Waals surface area contributed by atoms with Crippen LogP contribution < -0.4 is 0 Å². The standard InChI is InChI=1S/C50H31N3/c1-2-15-33(16-3-1)47-51-48(53-49(52-47)37-29-28-32-14-4-5-17-34(32)30-37)36-19-12-18-35(31-36)38-23-13-27-45-46(38)41-22-8-11-26-44(41)50(45)42-24-9-6-20-39(42)40-21-7-10-25-43(40)50/h1-31H. The smallest absolute Gasteiger partial charge is 0.164 e. The summed E-state index contributed by atoms with van der Waals surface area (Å²) in [6.45, 7) is 0. The predicted octanol–water partition coefficient (Wildman–Crippen LogP) is 12.0. The van der Waals surface area contributed by atoms with Gasteiger partial charge in [-0.2, -0.15) is 0 Å². The lowest BCUT2D eigenvalue weighted by Gasteiger charge is -2.30. The lowest BCUT2D eigenvalue weighted by atomic mass is 9.70. The summed E-state index contributed by atoms with van der Waals surface area (Å²) in [7, 11) is 0. The molecule has 0 saturated heterocycles. The average molecular weight is 674 g/mol. The molecule has 3 heteroatoms. The van der Waals surface area contributed by atoms with Crippen molar-refractivity contribution in [1.29, 1.82) is 0 Å². The maximum absolute atomic E-state index is 5.14. The molecule has 0 aliphatic heterocycles. The van der Waals surface area contributed by atoms with E-state index in [0.29, 0.717) is 17.5 Å². The molecule has 0 unspecified atom stereocenters. The molecule has 9 aromatic rings. The molecular formula is C50H31N3. The van der Waals surface area contributed by atoms with Crippen LogP contribution in [0, 0.1) is 0 Å². The number of hydrogen-bond donors (Lipinski definition) is 0. The zero-order valence-electron chi connectivity index (χ0n) is 28.7. The third kappa shape index (κ3) is 4.38. The molecule has 0 bridgehead atoms. The number of hydrogen-bond acceptors (Lipinski definition) is 3. The van der Waals surface area contributed by atoms with E-state index in [2.05, 4.69) is 170 Å². The van der Waals surface area contributed by atoms with E-state index < -0.39 is 0 Å². The molecule has 1 spiro atoms. The van der Waals surface area contributed by atoms with Crippen molar-refractivity contribution < 1.29 is 0 Å². The van der Waals surface area contributed by atoms with Crippen LogP contribution in [0.1, 0.15) is 22.3 Å². The minimum Gasteiger partial charge on any atom is -0.208 e. The summed E-state index contributed by atoms with van der Waals surface area (Å²) in [6.07, 6.45) is 0. The minimum atomic E-state index is -0.389. The van der Waals surface area contributed by atoms with Gasteiger partial charge in [-0.05, 0) is 78.5 Å². The fourth-order valence-electron chi connectivity index (χ4n) is 8.89. The number of aromatic nitrogens is 3. The lowest BCUT2D eigenvalue weighted by Crippen LogP contribution is -2.25. The number of fused-ring (bicyclic) bond motifs is 11. The van der Waals surface area contributed by atoms with E-state index in [1.54, 1.807) is 0 Å². The van der Waals surface area contributed by atoms with Crippen molar-refractivity contribution in [3.63, 3.8) is 0 Å². The molecule has 53 heavy (non-hydrogen) atoms. The van der Waals surface area contributed by atoms with Crippen molar-refractivity contribution in [2.45, 2.75) is 5.41 Å². The Hall–Kier alpha value is -6.97. The van der Waals surface area contributed by atoms with E-state index in [4.69, 9.17) is 15.0 Å². The quantitative estimate of drug-likeness (QED) is 0.187. The topological polar surface area (TPSA) is 38.7 Å². The Balaban J connectivity index is 1.11. The maximum Gasteiger partial charge on any atom is 0.164 e. The maximum atomic E-state index is 5.14. The van der Waals surface area contributed by atoms with Gasteiger partial charge >= 0.3 is 0 Å². The lowest BCUT2D eigenvalue weighted by molar-refractivity contribution is 0.794. The molecule has 8 aromatic carbocycles. The molecule has 0 fully saturated rings. The summed E-state index contributed by atoms with van der Waals surface area (Å²) in [6, 6.07) is 67.4. The van der Waals surface area contributed by atoms with Gasteiger partial charge in [-0.1, -0.05) is 176 Å². The first kappa shape index (κ1) is 29.7. The second-order valence-corrected chi connectivity index (χ2v) is 13.9. The van der Waals surface area contributed by atoms with Gasteiger partial charge in [-0.25, -0.2) is 15.0 Å². The zero-order chi connectivity index (χ0) is 34.9. The average Bonchev–Trinajstić information content (AvgIpc) is 3.71. The summed E-state index contributed by atoms with van der Waals surface area (Å²) >= 11 is 0. The first-order valence-corrected chi connectivity index (χ1v) is 18.1. The monoisotopic (exact) mass is 673 g/mol. The van der Waals surface area contributed by atoms with Crippen molar-refractivity contribution >= 4 is 10.8 Å². The molecule has 3 nitrogen and oxygen atoms in total. The molecule has 2 aliphatic carbocycles. The first-order chi connectivity index (χ1) is 26.3. The largest absolute Gasteiger partial charge is 0.208 e.